The van der Waals surface area contributed by atoms with E-state index in [2.05, 4.69) is 26.1 Å². The van der Waals surface area contributed by atoms with Gasteiger partial charge in [0.15, 0.2) is 0 Å². The summed E-state index contributed by atoms with van der Waals surface area (Å²) in [6, 6.07) is 0. The Balaban J connectivity index is 2.24. The van der Waals surface area contributed by atoms with Crippen LogP contribution < -0.4 is 5.32 Å². The van der Waals surface area contributed by atoms with Crippen molar-refractivity contribution in [3.05, 3.63) is 0 Å². The molecule has 12 heavy (non-hydrogen) atoms. The van der Waals surface area contributed by atoms with Gasteiger partial charge in [0, 0.05) is 0 Å². The van der Waals surface area contributed by atoms with Crippen LogP contribution in [0.15, 0.2) is 0 Å². The Morgan fingerprint density at radius 3 is 2.25 bits per heavy atom. The van der Waals surface area contributed by atoms with Gasteiger partial charge < -0.3 is 5.32 Å². The molecule has 72 valence electrons. The highest BCUT2D eigenvalue weighted by Crippen LogP contribution is 2.26. The molecular weight excluding hydrogens is 146 g/mol. The second kappa shape index (κ2) is 4.86. The molecule has 1 heteroatoms. The molecule has 0 aliphatic carbocycles. The smallest absolute Gasteiger partial charge is 0.00462 e. The third kappa shape index (κ3) is 3.14. The monoisotopic (exact) mass is 169 g/mol. The van der Waals surface area contributed by atoms with E-state index in [1.165, 1.54) is 32.4 Å². The lowest BCUT2D eigenvalue weighted by Gasteiger charge is -2.29. The van der Waals surface area contributed by atoms with Crippen LogP contribution in [0.1, 0.15) is 40.0 Å². The minimum atomic E-state index is 0.870. The van der Waals surface area contributed by atoms with E-state index in [1.54, 1.807) is 0 Å². The van der Waals surface area contributed by atoms with Gasteiger partial charge in [-0.2, -0.15) is 0 Å². The molecular formula is C11H23N. The summed E-state index contributed by atoms with van der Waals surface area (Å²) >= 11 is 0. The minimum Gasteiger partial charge on any atom is -0.317 e. The third-order valence-electron chi connectivity index (χ3n) is 3.03. The van der Waals surface area contributed by atoms with E-state index >= 15 is 0 Å². The molecule has 0 saturated carbocycles. The maximum Gasteiger partial charge on any atom is -0.00462 e. The largest absolute Gasteiger partial charge is 0.317 e. The Morgan fingerprint density at radius 1 is 1.17 bits per heavy atom. The fraction of sp³-hybridized carbons (Fsp3) is 1.00. The molecule has 0 aromatic rings. The summed E-state index contributed by atoms with van der Waals surface area (Å²) in [5.74, 6) is 2.80. The average Bonchev–Trinajstić information content (AvgIpc) is 2.05. The summed E-state index contributed by atoms with van der Waals surface area (Å²) in [6.07, 6.45) is 4.20. The zero-order valence-electron chi connectivity index (χ0n) is 8.77. The summed E-state index contributed by atoms with van der Waals surface area (Å²) in [4.78, 5) is 0. The Kier molecular flexibility index (Phi) is 4.07. The summed E-state index contributed by atoms with van der Waals surface area (Å²) < 4.78 is 0. The van der Waals surface area contributed by atoms with Crippen molar-refractivity contribution >= 4 is 0 Å². The highest BCUT2D eigenvalue weighted by atomic mass is 14.9. The van der Waals surface area contributed by atoms with Crippen LogP contribution in [-0.4, -0.2) is 13.1 Å². The number of hydrogen-bond donors (Lipinski definition) is 1. The molecule has 1 heterocycles. The first-order valence-electron chi connectivity index (χ1n) is 5.41. The van der Waals surface area contributed by atoms with E-state index in [-0.39, 0.29) is 0 Å². The van der Waals surface area contributed by atoms with Crippen molar-refractivity contribution in [2.45, 2.75) is 40.0 Å². The van der Waals surface area contributed by atoms with E-state index in [1.807, 2.05) is 0 Å². The van der Waals surface area contributed by atoms with Crippen molar-refractivity contribution in [2.24, 2.45) is 17.8 Å². The van der Waals surface area contributed by atoms with Crippen molar-refractivity contribution in [3.63, 3.8) is 0 Å². The van der Waals surface area contributed by atoms with E-state index in [4.69, 9.17) is 0 Å². The van der Waals surface area contributed by atoms with Crippen LogP contribution in [0.4, 0.5) is 0 Å². The highest BCUT2D eigenvalue weighted by molar-refractivity contribution is 4.73. The van der Waals surface area contributed by atoms with Crippen LogP contribution in [0.25, 0.3) is 0 Å². The Hall–Kier alpha value is -0.0400. The van der Waals surface area contributed by atoms with Crippen molar-refractivity contribution < 1.29 is 0 Å². The van der Waals surface area contributed by atoms with Gasteiger partial charge in [0.25, 0.3) is 0 Å². The second-order valence-electron chi connectivity index (χ2n) is 4.69. The highest BCUT2D eigenvalue weighted by Gasteiger charge is 2.19. The first-order chi connectivity index (χ1) is 5.70. The van der Waals surface area contributed by atoms with Gasteiger partial charge in [0.05, 0.1) is 0 Å². The van der Waals surface area contributed by atoms with Crippen LogP contribution >= 0.6 is 0 Å². The maximum absolute atomic E-state index is 3.42. The van der Waals surface area contributed by atoms with E-state index in [0.29, 0.717) is 0 Å². The zero-order chi connectivity index (χ0) is 8.97. The van der Waals surface area contributed by atoms with Gasteiger partial charge in [0.1, 0.15) is 0 Å². The van der Waals surface area contributed by atoms with Gasteiger partial charge in [-0.3, -0.25) is 0 Å². The lowest BCUT2D eigenvalue weighted by atomic mass is 9.81. The minimum absolute atomic E-state index is 0.870. The van der Waals surface area contributed by atoms with Crippen molar-refractivity contribution in [2.75, 3.05) is 13.1 Å². The number of hydrogen-bond acceptors (Lipinski definition) is 1. The number of rotatable bonds is 3. The lowest BCUT2D eigenvalue weighted by Crippen LogP contribution is -2.31. The fourth-order valence-corrected chi connectivity index (χ4v) is 2.35. The summed E-state index contributed by atoms with van der Waals surface area (Å²) in [7, 11) is 0. The molecule has 1 nitrogen and oxygen atoms in total. The van der Waals surface area contributed by atoms with E-state index in [9.17, 15) is 0 Å². The SMILES string of the molecule is CC(C)CC(C)C1CCNCC1. The molecule has 1 fully saturated rings. The molecule has 1 saturated heterocycles. The van der Waals surface area contributed by atoms with Gasteiger partial charge in [0.2, 0.25) is 0 Å². The van der Waals surface area contributed by atoms with Crippen LogP contribution in [0.3, 0.4) is 0 Å². The molecule has 0 amide bonds. The molecule has 0 aromatic carbocycles. The van der Waals surface area contributed by atoms with Gasteiger partial charge >= 0.3 is 0 Å². The van der Waals surface area contributed by atoms with Crippen LogP contribution in [0.5, 0.6) is 0 Å². The molecule has 1 N–H and O–H groups in total. The molecule has 0 radical (unpaired) electrons. The van der Waals surface area contributed by atoms with Crippen molar-refractivity contribution in [3.8, 4) is 0 Å². The van der Waals surface area contributed by atoms with E-state index < -0.39 is 0 Å². The number of nitrogens with one attached hydrogen (secondary N) is 1. The van der Waals surface area contributed by atoms with Gasteiger partial charge in [-0.15, -0.1) is 0 Å². The quantitative estimate of drug-likeness (QED) is 0.685. The summed E-state index contributed by atoms with van der Waals surface area (Å²) in [6.45, 7) is 9.57. The van der Waals surface area contributed by atoms with Crippen molar-refractivity contribution in [1.29, 1.82) is 0 Å². The maximum atomic E-state index is 3.42. The predicted molar refractivity (Wildman–Crippen MR) is 54.2 cm³/mol. The Labute approximate surface area is 76.9 Å². The Bertz CT molecular complexity index is 114. The molecule has 0 aromatic heterocycles. The van der Waals surface area contributed by atoms with Gasteiger partial charge in [-0.25, -0.2) is 0 Å². The summed E-state index contributed by atoms with van der Waals surface area (Å²) in [5, 5.41) is 3.42. The predicted octanol–water partition coefficient (Wildman–Crippen LogP) is 2.67. The van der Waals surface area contributed by atoms with Crippen LogP contribution in [0.2, 0.25) is 0 Å². The van der Waals surface area contributed by atoms with Gasteiger partial charge in [-0.05, 0) is 50.1 Å². The molecule has 0 spiro atoms. The molecule has 1 aliphatic heterocycles. The third-order valence-corrected chi connectivity index (χ3v) is 3.03. The molecule has 1 atom stereocenters. The molecule has 0 bridgehead atoms. The molecule has 1 rings (SSSR count). The fourth-order valence-electron chi connectivity index (χ4n) is 2.35. The van der Waals surface area contributed by atoms with E-state index in [0.717, 1.165) is 17.8 Å². The standard InChI is InChI=1S/C11H23N/c1-9(2)8-10(3)11-4-6-12-7-5-11/h9-12H,4-8H2,1-3H3. The van der Waals surface area contributed by atoms with Gasteiger partial charge in [-0.1, -0.05) is 20.8 Å². The lowest BCUT2D eigenvalue weighted by molar-refractivity contribution is 0.244. The first kappa shape index (κ1) is 10.0. The average molecular weight is 169 g/mol. The zero-order valence-corrected chi connectivity index (χ0v) is 8.77. The second-order valence-corrected chi connectivity index (χ2v) is 4.69. The van der Waals surface area contributed by atoms with Crippen LogP contribution in [-0.2, 0) is 0 Å². The van der Waals surface area contributed by atoms with Crippen molar-refractivity contribution in [1.82, 2.24) is 5.32 Å². The molecule has 1 aliphatic rings. The Morgan fingerprint density at radius 2 is 1.75 bits per heavy atom. The molecule has 1 unspecified atom stereocenters. The topological polar surface area (TPSA) is 12.0 Å². The first-order valence-corrected chi connectivity index (χ1v) is 5.41. The summed E-state index contributed by atoms with van der Waals surface area (Å²) in [5.41, 5.74) is 0. The van der Waals surface area contributed by atoms with Crippen LogP contribution in [0, 0.1) is 17.8 Å². The number of piperidine rings is 1. The normalized spacial score (nSPS) is 23.0.